The normalized spacial score (nSPS) is 9.52. The van der Waals surface area contributed by atoms with Crippen LogP contribution >= 0.6 is 0 Å². The van der Waals surface area contributed by atoms with Crippen LogP contribution in [0.1, 0.15) is 53.8 Å². The van der Waals surface area contributed by atoms with E-state index < -0.39 is 0 Å². The summed E-state index contributed by atoms with van der Waals surface area (Å²) in [5, 5.41) is 0. The third-order valence-electron chi connectivity index (χ3n) is 3.27. The molecule has 2 rings (SSSR count). The SMILES string of the molecule is CCCCOc1ccc(C=O)cc1.CCCOc1ccc(C=O)cc1. The third-order valence-corrected chi connectivity index (χ3v) is 3.27. The first kappa shape index (κ1) is 20.4. The fraction of sp³-hybridized carbons (Fsp3) is 0.333. The minimum Gasteiger partial charge on any atom is -0.494 e. The monoisotopic (exact) mass is 342 g/mol. The molecule has 0 unspecified atom stereocenters. The Morgan fingerprint density at radius 3 is 1.48 bits per heavy atom. The van der Waals surface area contributed by atoms with E-state index in [-0.39, 0.29) is 0 Å². The molecule has 4 heteroatoms. The van der Waals surface area contributed by atoms with Crippen molar-refractivity contribution in [1.29, 1.82) is 0 Å². The number of carbonyl (C=O) groups excluding carboxylic acids is 2. The van der Waals surface area contributed by atoms with Crippen molar-refractivity contribution in [1.82, 2.24) is 0 Å². The van der Waals surface area contributed by atoms with Gasteiger partial charge in [-0.05, 0) is 61.4 Å². The predicted molar refractivity (Wildman–Crippen MR) is 99.8 cm³/mol. The molecule has 0 fully saturated rings. The molecular weight excluding hydrogens is 316 g/mol. The van der Waals surface area contributed by atoms with E-state index >= 15 is 0 Å². The van der Waals surface area contributed by atoms with Gasteiger partial charge in [-0.3, -0.25) is 9.59 Å². The summed E-state index contributed by atoms with van der Waals surface area (Å²) in [6.45, 7) is 5.65. The first-order chi connectivity index (χ1) is 12.2. The largest absolute Gasteiger partial charge is 0.494 e. The summed E-state index contributed by atoms with van der Waals surface area (Å²) in [4.78, 5) is 20.6. The first-order valence-electron chi connectivity index (χ1n) is 8.59. The number of rotatable bonds is 9. The molecule has 0 bridgehead atoms. The van der Waals surface area contributed by atoms with Crippen molar-refractivity contribution in [3.05, 3.63) is 59.7 Å². The summed E-state index contributed by atoms with van der Waals surface area (Å²) < 4.78 is 10.8. The predicted octanol–water partition coefficient (Wildman–Crippen LogP) is 4.97. The molecule has 25 heavy (non-hydrogen) atoms. The minimum atomic E-state index is 0.679. The third kappa shape index (κ3) is 8.70. The number of unbranched alkanes of at least 4 members (excludes halogenated alkanes) is 1. The molecule has 4 nitrogen and oxygen atoms in total. The van der Waals surface area contributed by atoms with Crippen LogP contribution in [0.3, 0.4) is 0 Å². The van der Waals surface area contributed by atoms with E-state index in [9.17, 15) is 9.59 Å². The molecule has 134 valence electrons. The van der Waals surface area contributed by atoms with Crippen molar-refractivity contribution in [2.45, 2.75) is 33.1 Å². The standard InChI is InChI=1S/C11H14O2.C10H12O2/c1-2-3-8-13-11-6-4-10(9-12)5-7-11;1-2-7-12-10-5-3-9(8-11)4-6-10/h4-7,9H,2-3,8H2,1H3;3-6,8H,2,7H2,1H3. The molecule has 0 radical (unpaired) electrons. The number of hydrogen-bond acceptors (Lipinski definition) is 4. The molecule has 0 aliphatic rings. The van der Waals surface area contributed by atoms with E-state index in [0.29, 0.717) is 11.1 Å². The van der Waals surface area contributed by atoms with Gasteiger partial charge in [0.15, 0.2) is 0 Å². The first-order valence-corrected chi connectivity index (χ1v) is 8.59. The van der Waals surface area contributed by atoms with Crippen LogP contribution in [-0.2, 0) is 0 Å². The van der Waals surface area contributed by atoms with Crippen LogP contribution in [0.2, 0.25) is 0 Å². The van der Waals surface area contributed by atoms with Gasteiger partial charge in [0.05, 0.1) is 13.2 Å². The Balaban J connectivity index is 0.000000251. The highest BCUT2D eigenvalue weighted by Gasteiger charge is 1.93. The summed E-state index contributed by atoms with van der Waals surface area (Å²) in [6, 6.07) is 14.3. The van der Waals surface area contributed by atoms with Gasteiger partial charge in [0.2, 0.25) is 0 Å². The molecule has 0 aliphatic carbocycles. The summed E-state index contributed by atoms with van der Waals surface area (Å²) in [7, 11) is 0. The number of hydrogen-bond donors (Lipinski definition) is 0. The topological polar surface area (TPSA) is 52.6 Å². The lowest BCUT2D eigenvalue weighted by atomic mass is 10.2. The van der Waals surface area contributed by atoms with Gasteiger partial charge in [-0.25, -0.2) is 0 Å². The van der Waals surface area contributed by atoms with E-state index in [2.05, 4.69) is 13.8 Å². The summed E-state index contributed by atoms with van der Waals surface area (Å²) >= 11 is 0. The Hall–Kier alpha value is -2.62. The van der Waals surface area contributed by atoms with Gasteiger partial charge in [0, 0.05) is 11.1 Å². The zero-order valence-corrected chi connectivity index (χ0v) is 14.9. The van der Waals surface area contributed by atoms with Gasteiger partial charge in [-0.15, -0.1) is 0 Å². The maximum Gasteiger partial charge on any atom is 0.150 e. The lowest BCUT2D eigenvalue weighted by Gasteiger charge is -2.04. The highest BCUT2D eigenvalue weighted by Crippen LogP contribution is 2.12. The van der Waals surface area contributed by atoms with Gasteiger partial charge >= 0.3 is 0 Å². The average molecular weight is 342 g/mol. The van der Waals surface area contributed by atoms with Crippen molar-refractivity contribution in [3.63, 3.8) is 0 Å². The Kier molecular flexibility index (Phi) is 10.4. The number of carbonyl (C=O) groups is 2. The lowest BCUT2D eigenvalue weighted by Crippen LogP contribution is -1.96. The fourth-order valence-corrected chi connectivity index (χ4v) is 1.84. The van der Waals surface area contributed by atoms with E-state index in [4.69, 9.17) is 9.47 Å². The van der Waals surface area contributed by atoms with E-state index in [0.717, 1.165) is 56.5 Å². The van der Waals surface area contributed by atoms with Crippen LogP contribution in [0.5, 0.6) is 11.5 Å². The zero-order valence-electron chi connectivity index (χ0n) is 14.9. The molecule has 2 aromatic carbocycles. The molecule has 0 atom stereocenters. The molecule has 0 spiro atoms. The molecule has 0 aliphatic heterocycles. The Morgan fingerprint density at radius 1 is 0.680 bits per heavy atom. The van der Waals surface area contributed by atoms with Gasteiger partial charge in [0.1, 0.15) is 24.1 Å². The fourth-order valence-electron chi connectivity index (χ4n) is 1.84. The lowest BCUT2D eigenvalue weighted by molar-refractivity contribution is 0.111. The molecular formula is C21H26O4. The molecule has 2 aromatic rings. The minimum absolute atomic E-state index is 0.679. The Bertz CT molecular complexity index is 603. The second-order valence-electron chi connectivity index (χ2n) is 5.42. The molecule has 0 N–H and O–H groups in total. The second kappa shape index (κ2) is 12.8. The molecule has 0 aromatic heterocycles. The maximum absolute atomic E-state index is 10.3. The molecule has 0 amide bonds. The summed E-state index contributed by atoms with van der Waals surface area (Å²) in [5.41, 5.74) is 1.36. The van der Waals surface area contributed by atoms with Crippen LogP contribution in [0, 0.1) is 0 Å². The van der Waals surface area contributed by atoms with E-state index in [1.54, 1.807) is 36.4 Å². The van der Waals surface area contributed by atoms with Crippen molar-refractivity contribution in [2.75, 3.05) is 13.2 Å². The molecule has 0 heterocycles. The second-order valence-corrected chi connectivity index (χ2v) is 5.42. The smallest absolute Gasteiger partial charge is 0.150 e. The van der Waals surface area contributed by atoms with Crippen LogP contribution in [0.15, 0.2) is 48.5 Å². The van der Waals surface area contributed by atoms with Gasteiger partial charge in [0.25, 0.3) is 0 Å². The summed E-state index contributed by atoms with van der Waals surface area (Å²) in [5.74, 6) is 1.65. The van der Waals surface area contributed by atoms with Crippen LogP contribution in [-0.4, -0.2) is 25.8 Å². The van der Waals surface area contributed by atoms with E-state index in [1.807, 2.05) is 12.1 Å². The van der Waals surface area contributed by atoms with Crippen molar-refractivity contribution in [2.24, 2.45) is 0 Å². The average Bonchev–Trinajstić information content (AvgIpc) is 2.68. The van der Waals surface area contributed by atoms with Gasteiger partial charge in [-0.1, -0.05) is 20.3 Å². The Morgan fingerprint density at radius 2 is 1.12 bits per heavy atom. The van der Waals surface area contributed by atoms with Crippen molar-refractivity contribution in [3.8, 4) is 11.5 Å². The van der Waals surface area contributed by atoms with Crippen LogP contribution in [0.25, 0.3) is 0 Å². The number of benzene rings is 2. The Labute approximate surface area is 149 Å². The van der Waals surface area contributed by atoms with Crippen molar-refractivity contribution >= 4 is 12.6 Å². The van der Waals surface area contributed by atoms with E-state index in [1.165, 1.54) is 0 Å². The zero-order chi connectivity index (χ0) is 18.3. The van der Waals surface area contributed by atoms with Gasteiger partial charge < -0.3 is 9.47 Å². The maximum atomic E-state index is 10.3. The highest BCUT2D eigenvalue weighted by molar-refractivity contribution is 5.75. The highest BCUT2D eigenvalue weighted by atomic mass is 16.5. The van der Waals surface area contributed by atoms with Crippen LogP contribution in [0.4, 0.5) is 0 Å². The van der Waals surface area contributed by atoms with Crippen LogP contribution < -0.4 is 9.47 Å². The quantitative estimate of drug-likeness (QED) is 0.477. The molecule has 0 saturated carbocycles. The summed E-state index contributed by atoms with van der Waals surface area (Å²) in [6.07, 6.45) is 4.84. The molecule has 0 saturated heterocycles. The number of ether oxygens (including phenoxy) is 2. The van der Waals surface area contributed by atoms with Gasteiger partial charge in [-0.2, -0.15) is 0 Å². The number of aldehydes is 2. The van der Waals surface area contributed by atoms with Crippen molar-refractivity contribution < 1.29 is 19.1 Å².